The Bertz CT molecular complexity index is 984. The number of alkyl carbamates (subject to hydrolysis) is 1. The number of carbonyl (C=O) groups excluding carboxylic acids is 2. The highest BCUT2D eigenvalue weighted by Crippen LogP contribution is 2.27. The maximum atomic E-state index is 13.6. The largest absolute Gasteiger partial charge is 0.444 e. The number of amides is 2. The van der Waals surface area contributed by atoms with Crippen LogP contribution in [0.25, 0.3) is 0 Å². The average Bonchev–Trinajstić information content (AvgIpc) is 2.88. The average molecular weight is 523 g/mol. The van der Waals surface area contributed by atoms with Crippen LogP contribution in [0.5, 0.6) is 0 Å². The molecule has 0 heterocycles. The van der Waals surface area contributed by atoms with Crippen LogP contribution in [-0.4, -0.2) is 40.9 Å². The number of ether oxygens (including phenoxy) is 1. The Morgan fingerprint density at radius 1 is 0.895 bits per heavy atom. The summed E-state index contributed by atoms with van der Waals surface area (Å²) in [5, 5.41) is 17.6. The maximum absolute atomic E-state index is 13.6. The summed E-state index contributed by atoms with van der Waals surface area (Å²) < 4.78 is 5.48. The molecule has 6 nitrogen and oxygen atoms in total. The number of nitrogens with one attached hydrogen (secondary N) is 2. The SMILES string of the molecule is C[C@@H](NC(=O)[C@H](Cc1ccccc1)C[C@H](O)[C@H](Cc1ccccc1)NC(=O)OC(C)(C)C)C1CCCCC1. The zero-order valence-corrected chi connectivity index (χ0v) is 23.5. The fourth-order valence-corrected chi connectivity index (χ4v) is 5.34. The molecule has 1 aliphatic rings. The summed E-state index contributed by atoms with van der Waals surface area (Å²) in [6.45, 7) is 7.53. The van der Waals surface area contributed by atoms with Crippen molar-refractivity contribution in [2.75, 3.05) is 0 Å². The maximum Gasteiger partial charge on any atom is 0.407 e. The zero-order valence-electron chi connectivity index (χ0n) is 23.5. The van der Waals surface area contributed by atoms with Crippen molar-refractivity contribution in [2.24, 2.45) is 11.8 Å². The monoisotopic (exact) mass is 522 g/mol. The van der Waals surface area contributed by atoms with Gasteiger partial charge in [-0.15, -0.1) is 0 Å². The van der Waals surface area contributed by atoms with Gasteiger partial charge in [-0.05, 0) is 76.8 Å². The van der Waals surface area contributed by atoms with Gasteiger partial charge in [0.2, 0.25) is 5.91 Å². The second kappa shape index (κ2) is 14.3. The van der Waals surface area contributed by atoms with Crippen LogP contribution in [0.1, 0.15) is 77.3 Å². The predicted octanol–water partition coefficient (Wildman–Crippen LogP) is 5.82. The third-order valence-electron chi connectivity index (χ3n) is 7.41. The second-order valence-corrected chi connectivity index (χ2v) is 11.8. The molecule has 0 aliphatic heterocycles. The van der Waals surface area contributed by atoms with Crippen molar-refractivity contribution in [2.45, 2.75) is 103 Å². The molecule has 6 heteroatoms. The van der Waals surface area contributed by atoms with Gasteiger partial charge in [0.1, 0.15) is 5.60 Å². The van der Waals surface area contributed by atoms with E-state index in [0.29, 0.717) is 18.8 Å². The third-order valence-corrected chi connectivity index (χ3v) is 7.41. The molecule has 1 saturated carbocycles. The summed E-state index contributed by atoms with van der Waals surface area (Å²) in [5.74, 6) is 0.0218. The van der Waals surface area contributed by atoms with E-state index in [9.17, 15) is 14.7 Å². The van der Waals surface area contributed by atoms with Crippen LogP contribution in [-0.2, 0) is 22.4 Å². The highest BCUT2D eigenvalue weighted by molar-refractivity contribution is 5.79. The van der Waals surface area contributed by atoms with Gasteiger partial charge in [-0.25, -0.2) is 4.79 Å². The fourth-order valence-electron chi connectivity index (χ4n) is 5.34. The smallest absolute Gasteiger partial charge is 0.407 e. The van der Waals surface area contributed by atoms with Crippen molar-refractivity contribution in [3.63, 3.8) is 0 Å². The molecule has 0 unspecified atom stereocenters. The minimum Gasteiger partial charge on any atom is -0.444 e. The highest BCUT2D eigenvalue weighted by Gasteiger charge is 2.31. The van der Waals surface area contributed by atoms with E-state index in [4.69, 9.17) is 4.74 Å². The minimum atomic E-state index is -0.938. The van der Waals surface area contributed by atoms with Crippen molar-refractivity contribution in [1.82, 2.24) is 10.6 Å². The van der Waals surface area contributed by atoms with Gasteiger partial charge in [-0.1, -0.05) is 79.9 Å². The number of rotatable bonds is 11. The van der Waals surface area contributed by atoms with Gasteiger partial charge in [-0.3, -0.25) is 4.79 Å². The van der Waals surface area contributed by atoms with Crippen LogP contribution < -0.4 is 10.6 Å². The third kappa shape index (κ3) is 10.1. The Kier molecular flexibility index (Phi) is 11.2. The predicted molar refractivity (Wildman–Crippen MR) is 152 cm³/mol. The van der Waals surface area contributed by atoms with Gasteiger partial charge >= 0.3 is 6.09 Å². The van der Waals surface area contributed by atoms with Crippen LogP contribution in [0.4, 0.5) is 4.79 Å². The van der Waals surface area contributed by atoms with Crippen LogP contribution in [0.2, 0.25) is 0 Å². The molecule has 1 aliphatic carbocycles. The summed E-state index contributed by atoms with van der Waals surface area (Å²) in [7, 11) is 0. The molecule has 0 radical (unpaired) electrons. The van der Waals surface area contributed by atoms with E-state index >= 15 is 0 Å². The number of hydrogen-bond acceptors (Lipinski definition) is 4. The van der Waals surface area contributed by atoms with Crippen molar-refractivity contribution in [1.29, 1.82) is 0 Å². The number of aliphatic hydroxyl groups excluding tert-OH is 1. The molecule has 2 amide bonds. The van der Waals surface area contributed by atoms with E-state index in [2.05, 4.69) is 17.6 Å². The topological polar surface area (TPSA) is 87.7 Å². The standard InChI is InChI=1S/C32H46N2O4/c1-23(26-18-12-7-13-19-26)33-30(36)27(20-24-14-8-5-9-15-24)22-29(35)28(21-25-16-10-6-11-17-25)34-31(37)38-32(2,3)4/h5-6,8-11,14-17,23,26-29,35H,7,12-13,18-22H2,1-4H3,(H,33,36)(H,34,37)/t23-,27-,28+,29+/m1/s1. The molecule has 2 aromatic carbocycles. The molecular weight excluding hydrogens is 476 g/mol. The van der Waals surface area contributed by atoms with Crippen LogP contribution in [0.15, 0.2) is 60.7 Å². The van der Waals surface area contributed by atoms with Crippen molar-refractivity contribution >= 4 is 12.0 Å². The number of aliphatic hydroxyl groups is 1. The molecule has 208 valence electrons. The number of hydrogen-bond donors (Lipinski definition) is 3. The molecule has 0 aromatic heterocycles. The van der Waals surface area contributed by atoms with Gasteiger partial charge in [0, 0.05) is 12.0 Å². The van der Waals surface area contributed by atoms with E-state index in [1.54, 1.807) is 0 Å². The summed E-state index contributed by atoms with van der Waals surface area (Å²) in [6, 6.07) is 19.1. The minimum absolute atomic E-state index is 0.0401. The van der Waals surface area contributed by atoms with Gasteiger partial charge in [-0.2, -0.15) is 0 Å². The Morgan fingerprint density at radius 3 is 2.00 bits per heavy atom. The van der Waals surface area contributed by atoms with Crippen LogP contribution in [0.3, 0.4) is 0 Å². The molecular formula is C32H46N2O4. The summed E-state index contributed by atoms with van der Waals surface area (Å²) in [6.07, 6.45) is 5.66. The molecule has 3 N–H and O–H groups in total. The Hall–Kier alpha value is -2.86. The molecule has 0 saturated heterocycles. The Labute approximate surface area is 228 Å². The lowest BCUT2D eigenvalue weighted by atomic mass is 9.84. The van der Waals surface area contributed by atoms with Crippen LogP contribution in [0, 0.1) is 11.8 Å². The molecule has 38 heavy (non-hydrogen) atoms. The van der Waals surface area contributed by atoms with E-state index in [1.165, 1.54) is 19.3 Å². The summed E-state index contributed by atoms with van der Waals surface area (Å²) >= 11 is 0. The first kappa shape index (κ1) is 29.7. The van der Waals surface area contributed by atoms with E-state index in [1.807, 2.05) is 81.4 Å². The van der Waals surface area contributed by atoms with Crippen molar-refractivity contribution < 1.29 is 19.4 Å². The van der Waals surface area contributed by atoms with E-state index < -0.39 is 29.8 Å². The number of carbonyl (C=O) groups is 2. The van der Waals surface area contributed by atoms with Gasteiger partial charge in [0.25, 0.3) is 0 Å². The molecule has 0 bridgehead atoms. The zero-order chi connectivity index (χ0) is 27.5. The highest BCUT2D eigenvalue weighted by atomic mass is 16.6. The molecule has 1 fully saturated rings. The Morgan fingerprint density at radius 2 is 1.45 bits per heavy atom. The molecule has 2 aromatic rings. The lowest BCUT2D eigenvalue weighted by Gasteiger charge is -2.31. The van der Waals surface area contributed by atoms with Crippen molar-refractivity contribution in [3.8, 4) is 0 Å². The summed E-state index contributed by atoms with van der Waals surface area (Å²) in [5.41, 5.74) is 1.38. The van der Waals surface area contributed by atoms with Gasteiger partial charge in [0.05, 0.1) is 12.1 Å². The quantitative estimate of drug-likeness (QED) is 0.347. The Balaban J connectivity index is 1.76. The first-order chi connectivity index (χ1) is 18.1. The lowest BCUT2D eigenvalue weighted by molar-refractivity contribution is -0.127. The van der Waals surface area contributed by atoms with Gasteiger partial charge in [0.15, 0.2) is 0 Å². The first-order valence-corrected chi connectivity index (χ1v) is 14.2. The fraction of sp³-hybridized carbons (Fsp3) is 0.562. The normalized spacial score (nSPS) is 17.6. The number of benzene rings is 2. The van der Waals surface area contributed by atoms with Gasteiger partial charge < -0.3 is 20.5 Å². The molecule has 3 rings (SSSR count). The molecule has 0 spiro atoms. The van der Waals surface area contributed by atoms with E-state index in [0.717, 1.165) is 24.0 Å². The first-order valence-electron chi connectivity index (χ1n) is 14.2. The van der Waals surface area contributed by atoms with E-state index in [-0.39, 0.29) is 18.4 Å². The van der Waals surface area contributed by atoms with Crippen molar-refractivity contribution in [3.05, 3.63) is 71.8 Å². The lowest BCUT2D eigenvalue weighted by Crippen LogP contribution is -2.49. The van der Waals surface area contributed by atoms with Crippen LogP contribution >= 0.6 is 0 Å². The molecule has 4 atom stereocenters. The summed E-state index contributed by atoms with van der Waals surface area (Å²) in [4.78, 5) is 26.3. The second-order valence-electron chi connectivity index (χ2n) is 11.8.